The lowest BCUT2D eigenvalue weighted by molar-refractivity contribution is -0.134. The topological polar surface area (TPSA) is 73.0 Å². The minimum atomic E-state index is -0.659. The van der Waals surface area contributed by atoms with E-state index in [1.165, 1.54) is 49.1 Å². The van der Waals surface area contributed by atoms with Gasteiger partial charge in [-0.1, -0.05) is 25.3 Å². The highest BCUT2D eigenvalue weighted by Gasteiger charge is 2.33. The van der Waals surface area contributed by atoms with E-state index in [0.717, 1.165) is 37.5 Å². The van der Waals surface area contributed by atoms with Gasteiger partial charge in [0.15, 0.2) is 0 Å². The van der Waals surface area contributed by atoms with E-state index in [4.69, 9.17) is 0 Å². The van der Waals surface area contributed by atoms with Gasteiger partial charge in [0.25, 0.3) is 0 Å². The van der Waals surface area contributed by atoms with Crippen LogP contribution in [0, 0.1) is 5.92 Å². The lowest BCUT2D eigenvalue weighted by Gasteiger charge is -2.36. The maximum absolute atomic E-state index is 12.4. The van der Waals surface area contributed by atoms with E-state index in [1.54, 1.807) is 0 Å². The highest BCUT2D eigenvalue weighted by atomic mass is 16.2. The molecule has 1 unspecified atom stereocenters. The van der Waals surface area contributed by atoms with Crippen molar-refractivity contribution in [1.82, 2.24) is 10.2 Å². The molecule has 3 fully saturated rings. The Bertz CT molecular complexity index is 857. The Kier molecular flexibility index (Phi) is 7.68. The smallest absolute Gasteiger partial charge is 0.249 e. The van der Waals surface area contributed by atoms with Crippen LogP contribution in [0.2, 0.25) is 0 Å². The number of nitrogens with one attached hydrogen (secondary N) is 1. The average Bonchev–Trinajstić information content (AvgIpc) is 2.82. The molecule has 4 rings (SSSR count). The molecule has 7 heteroatoms. The van der Waals surface area contributed by atoms with Crippen LogP contribution in [0.3, 0.4) is 0 Å². The standard InChI is InChI=1S/C26H38N4O3/c1-28(2)24-16-21(20-12-14-29(15-13-20)17-19-6-4-3-5-7-19)8-9-22(24)30(18-31)23-10-11-25(32)27-26(23)33/h8-9,16,18-20,23H,3-7,10-15,17H2,1-2H3,(H,27,32,33). The van der Waals surface area contributed by atoms with Gasteiger partial charge in [0.2, 0.25) is 18.2 Å². The number of nitrogens with zero attached hydrogens (tertiary/aromatic N) is 3. The molecule has 1 aromatic carbocycles. The van der Waals surface area contributed by atoms with Gasteiger partial charge in [-0.2, -0.15) is 0 Å². The van der Waals surface area contributed by atoms with Crippen LogP contribution in [0.4, 0.5) is 11.4 Å². The predicted octanol–water partition coefficient (Wildman–Crippen LogP) is 3.28. The molecular weight excluding hydrogens is 416 g/mol. The number of carbonyl (C=O) groups excluding carboxylic acids is 3. The summed E-state index contributed by atoms with van der Waals surface area (Å²) >= 11 is 0. The van der Waals surface area contributed by atoms with Gasteiger partial charge < -0.3 is 14.7 Å². The van der Waals surface area contributed by atoms with Gasteiger partial charge in [0.1, 0.15) is 6.04 Å². The number of rotatable bonds is 7. The van der Waals surface area contributed by atoms with E-state index in [2.05, 4.69) is 22.3 Å². The molecule has 180 valence electrons. The number of anilines is 2. The van der Waals surface area contributed by atoms with Gasteiger partial charge in [-0.05, 0) is 74.7 Å². The second-order valence-electron chi connectivity index (χ2n) is 10.2. The maximum Gasteiger partial charge on any atom is 0.249 e. The van der Waals surface area contributed by atoms with E-state index >= 15 is 0 Å². The number of amides is 3. The molecule has 1 aliphatic carbocycles. The molecule has 0 aromatic heterocycles. The molecule has 2 saturated heterocycles. The predicted molar refractivity (Wildman–Crippen MR) is 130 cm³/mol. The first-order chi connectivity index (χ1) is 16.0. The molecule has 1 aromatic rings. The van der Waals surface area contributed by atoms with Gasteiger partial charge in [-0.25, -0.2) is 0 Å². The molecule has 2 heterocycles. The summed E-state index contributed by atoms with van der Waals surface area (Å²) in [5, 5.41) is 2.36. The second kappa shape index (κ2) is 10.7. The molecule has 1 atom stereocenters. The van der Waals surface area contributed by atoms with Crippen molar-refractivity contribution >= 4 is 29.6 Å². The second-order valence-corrected chi connectivity index (χ2v) is 10.2. The number of benzene rings is 1. The zero-order chi connectivity index (χ0) is 23.4. The highest BCUT2D eigenvalue weighted by Crippen LogP contribution is 2.37. The summed E-state index contributed by atoms with van der Waals surface area (Å²) in [5.74, 6) is 0.717. The van der Waals surface area contributed by atoms with Crippen LogP contribution in [0.15, 0.2) is 18.2 Å². The lowest BCUT2D eigenvalue weighted by atomic mass is 9.86. The molecule has 2 aliphatic heterocycles. The molecule has 3 aliphatic rings. The van der Waals surface area contributed by atoms with Gasteiger partial charge in [-0.15, -0.1) is 0 Å². The summed E-state index contributed by atoms with van der Waals surface area (Å²) in [6.45, 7) is 3.56. The number of carbonyl (C=O) groups is 3. The van der Waals surface area contributed by atoms with Crippen LogP contribution in [0.5, 0.6) is 0 Å². The van der Waals surface area contributed by atoms with E-state index in [-0.39, 0.29) is 12.3 Å². The average molecular weight is 455 g/mol. The quantitative estimate of drug-likeness (QED) is 0.506. The highest BCUT2D eigenvalue weighted by molar-refractivity contribution is 6.04. The van der Waals surface area contributed by atoms with E-state index in [1.807, 2.05) is 25.1 Å². The van der Waals surface area contributed by atoms with Crippen molar-refractivity contribution in [3.63, 3.8) is 0 Å². The van der Waals surface area contributed by atoms with Crippen molar-refractivity contribution < 1.29 is 14.4 Å². The Hall–Kier alpha value is -2.41. The zero-order valence-electron chi connectivity index (χ0n) is 20.1. The van der Waals surface area contributed by atoms with Crippen molar-refractivity contribution in [2.45, 2.75) is 69.7 Å². The number of likely N-dealkylation sites (tertiary alicyclic amines) is 1. The van der Waals surface area contributed by atoms with Crippen molar-refractivity contribution in [2.75, 3.05) is 43.5 Å². The van der Waals surface area contributed by atoms with Gasteiger partial charge in [0, 0.05) is 27.1 Å². The van der Waals surface area contributed by atoms with Crippen LogP contribution in [-0.2, 0) is 14.4 Å². The first-order valence-corrected chi connectivity index (χ1v) is 12.6. The number of imide groups is 1. The number of hydrogen-bond donors (Lipinski definition) is 1. The third kappa shape index (κ3) is 5.57. The Morgan fingerprint density at radius 1 is 1.00 bits per heavy atom. The number of piperidine rings is 2. The van der Waals surface area contributed by atoms with Crippen LogP contribution < -0.4 is 15.1 Å². The molecule has 0 spiro atoms. The molecular formula is C26H38N4O3. The maximum atomic E-state index is 12.4. The summed E-state index contributed by atoms with van der Waals surface area (Å²) in [5.41, 5.74) is 2.94. The van der Waals surface area contributed by atoms with Gasteiger partial charge in [0.05, 0.1) is 11.4 Å². The third-order valence-corrected chi connectivity index (χ3v) is 7.72. The SMILES string of the molecule is CN(C)c1cc(C2CCN(CC3CCCCC3)CC2)ccc1N(C=O)C1CCC(=O)NC1=O. The Labute approximate surface area is 197 Å². The van der Waals surface area contributed by atoms with E-state index < -0.39 is 11.9 Å². The Morgan fingerprint density at radius 3 is 2.36 bits per heavy atom. The summed E-state index contributed by atoms with van der Waals surface area (Å²) in [6.07, 6.45) is 10.6. The lowest BCUT2D eigenvalue weighted by Crippen LogP contribution is -2.52. The van der Waals surface area contributed by atoms with Crippen molar-refractivity contribution in [3.05, 3.63) is 23.8 Å². The molecule has 33 heavy (non-hydrogen) atoms. The van der Waals surface area contributed by atoms with Gasteiger partial charge >= 0.3 is 0 Å². The molecule has 0 bridgehead atoms. The molecule has 1 saturated carbocycles. The van der Waals surface area contributed by atoms with Crippen LogP contribution in [0.1, 0.15) is 69.3 Å². The molecule has 3 amide bonds. The van der Waals surface area contributed by atoms with Crippen molar-refractivity contribution in [1.29, 1.82) is 0 Å². The normalized spacial score (nSPS) is 23.3. The summed E-state index contributed by atoms with van der Waals surface area (Å²) < 4.78 is 0. The largest absolute Gasteiger partial charge is 0.376 e. The van der Waals surface area contributed by atoms with E-state index in [9.17, 15) is 14.4 Å². The summed E-state index contributed by atoms with van der Waals surface area (Å²) in [7, 11) is 3.92. The van der Waals surface area contributed by atoms with Crippen molar-refractivity contribution in [3.8, 4) is 0 Å². The monoisotopic (exact) mass is 454 g/mol. The zero-order valence-corrected chi connectivity index (χ0v) is 20.1. The fourth-order valence-electron chi connectivity index (χ4n) is 5.80. The molecule has 7 nitrogen and oxygen atoms in total. The van der Waals surface area contributed by atoms with Crippen LogP contribution in [0.25, 0.3) is 0 Å². The van der Waals surface area contributed by atoms with Crippen LogP contribution >= 0.6 is 0 Å². The van der Waals surface area contributed by atoms with Crippen molar-refractivity contribution in [2.24, 2.45) is 5.92 Å². The number of hydrogen-bond acceptors (Lipinski definition) is 5. The summed E-state index contributed by atoms with van der Waals surface area (Å²) in [6, 6.07) is 5.61. The minimum Gasteiger partial charge on any atom is -0.376 e. The minimum absolute atomic E-state index is 0.246. The third-order valence-electron chi connectivity index (χ3n) is 7.72. The molecule has 0 radical (unpaired) electrons. The van der Waals surface area contributed by atoms with Crippen LogP contribution in [-0.4, -0.2) is 62.9 Å². The van der Waals surface area contributed by atoms with Gasteiger partial charge in [-0.3, -0.25) is 19.7 Å². The fraction of sp³-hybridized carbons (Fsp3) is 0.654. The first-order valence-electron chi connectivity index (χ1n) is 12.6. The Balaban J connectivity index is 1.45. The summed E-state index contributed by atoms with van der Waals surface area (Å²) in [4.78, 5) is 42.1. The fourth-order valence-corrected chi connectivity index (χ4v) is 5.80. The first kappa shape index (κ1) is 23.7. The Morgan fingerprint density at radius 2 is 1.73 bits per heavy atom. The van der Waals surface area contributed by atoms with E-state index in [0.29, 0.717) is 24.4 Å². The molecule has 1 N–H and O–H groups in total.